The summed E-state index contributed by atoms with van der Waals surface area (Å²) >= 11 is 0. The van der Waals surface area contributed by atoms with Crippen LogP contribution in [-0.2, 0) is 25.4 Å². The number of anilines is 1. The van der Waals surface area contributed by atoms with Gasteiger partial charge in [-0.3, -0.25) is 0 Å². The van der Waals surface area contributed by atoms with Crippen molar-refractivity contribution in [3.05, 3.63) is 58.3 Å². The van der Waals surface area contributed by atoms with Crippen molar-refractivity contribution in [3.63, 3.8) is 0 Å². The highest BCUT2D eigenvalue weighted by molar-refractivity contribution is 5.85. The molecular formula is C18H22Cl2F5N3. The van der Waals surface area contributed by atoms with Crippen LogP contribution in [0.4, 0.5) is 27.8 Å². The molecule has 2 aromatic rings. The van der Waals surface area contributed by atoms with Gasteiger partial charge in [-0.25, -0.2) is 13.8 Å². The van der Waals surface area contributed by atoms with E-state index >= 15 is 0 Å². The first kappa shape index (κ1) is 26.4. The van der Waals surface area contributed by atoms with E-state index in [0.29, 0.717) is 18.5 Å². The smallest absolute Gasteiger partial charge is 0.384 e. The van der Waals surface area contributed by atoms with Crippen molar-refractivity contribution in [3.8, 4) is 0 Å². The van der Waals surface area contributed by atoms with E-state index in [9.17, 15) is 22.0 Å². The zero-order valence-electron chi connectivity index (χ0n) is 15.3. The maximum Gasteiger partial charge on any atom is 0.416 e. The van der Waals surface area contributed by atoms with Gasteiger partial charge in [0, 0.05) is 12.2 Å². The Bertz CT molecular complexity index is 783. The molecule has 0 saturated carbocycles. The molecule has 0 fully saturated rings. The van der Waals surface area contributed by atoms with Gasteiger partial charge in [0.1, 0.15) is 5.82 Å². The molecule has 0 aliphatic rings. The fraction of sp³-hybridized carbons (Fsp3) is 0.389. The second-order valence-electron chi connectivity index (χ2n) is 6.37. The maximum atomic E-state index is 14.0. The van der Waals surface area contributed by atoms with Crippen LogP contribution in [0.25, 0.3) is 0 Å². The Morgan fingerprint density at radius 3 is 2.18 bits per heavy atom. The molecule has 28 heavy (non-hydrogen) atoms. The Hall–Kier alpha value is -1.64. The molecule has 0 radical (unpaired) electrons. The molecule has 2 rings (SSSR count). The SMILES string of the molecule is CN(C)CCc1cc(F)c(F)c(CCc2cc(C(F)(F)F)cc(N)n2)c1.Cl.Cl. The third kappa shape index (κ3) is 7.41. The molecule has 0 aliphatic heterocycles. The zero-order valence-corrected chi connectivity index (χ0v) is 16.9. The number of nitrogen functional groups attached to an aromatic ring is 1. The Labute approximate surface area is 172 Å². The number of hydrogen-bond acceptors (Lipinski definition) is 3. The first-order valence-electron chi connectivity index (χ1n) is 8.01. The quantitative estimate of drug-likeness (QED) is 0.655. The summed E-state index contributed by atoms with van der Waals surface area (Å²) in [6.45, 7) is 0.663. The van der Waals surface area contributed by atoms with E-state index < -0.39 is 23.4 Å². The number of alkyl halides is 3. The van der Waals surface area contributed by atoms with Gasteiger partial charge in [0.2, 0.25) is 0 Å². The van der Waals surface area contributed by atoms with Gasteiger partial charge in [-0.15, -0.1) is 24.8 Å². The van der Waals surface area contributed by atoms with Crippen LogP contribution >= 0.6 is 24.8 Å². The Morgan fingerprint density at radius 2 is 1.61 bits per heavy atom. The van der Waals surface area contributed by atoms with Crippen molar-refractivity contribution >= 4 is 30.6 Å². The van der Waals surface area contributed by atoms with Gasteiger partial charge in [0.05, 0.1) is 5.56 Å². The minimum Gasteiger partial charge on any atom is -0.384 e. The number of aryl methyl sites for hydroxylation is 2. The second-order valence-corrected chi connectivity index (χ2v) is 6.37. The fourth-order valence-electron chi connectivity index (χ4n) is 2.55. The Morgan fingerprint density at radius 1 is 0.964 bits per heavy atom. The van der Waals surface area contributed by atoms with Crippen LogP contribution in [0.5, 0.6) is 0 Å². The molecule has 2 N–H and O–H groups in total. The standard InChI is InChI=1S/C18H20F5N3.2ClH/c1-26(2)6-5-11-7-12(17(20)15(19)8-11)3-4-14-9-13(18(21,22)23)10-16(24)25-14;;/h7-10H,3-6H2,1-2H3,(H2,24,25);2*1H. The molecular weight excluding hydrogens is 424 g/mol. The normalized spacial score (nSPS) is 11.1. The minimum absolute atomic E-state index is 0. The molecule has 0 bridgehead atoms. The predicted molar refractivity (Wildman–Crippen MR) is 104 cm³/mol. The minimum atomic E-state index is -4.55. The van der Waals surface area contributed by atoms with Crippen molar-refractivity contribution in [1.82, 2.24) is 9.88 Å². The van der Waals surface area contributed by atoms with Crippen LogP contribution in [0, 0.1) is 11.6 Å². The molecule has 0 amide bonds. The molecule has 0 saturated heterocycles. The third-order valence-corrected chi connectivity index (χ3v) is 3.89. The number of hydrogen-bond donors (Lipinski definition) is 1. The number of aromatic nitrogens is 1. The van der Waals surface area contributed by atoms with Gasteiger partial charge in [-0.2, -0.15) is 13.2 Å². The zero-order chi connectivity index (χ0) is 19.5. The molecule has 1 heterocycles. The molecule has 3 nitrogen and oxygen atoms in total. The van der Waals surface area contributed by atoms with Gasteiger partial charge in [0.25, 0.3) is 0 Å². The summed E-state index contributed by atoms with van der Waals surface area (Å²) < 4.78 is 66.3. The van der Waals surface area contributed by atoms with Crippen molar-refractivity contribution in [2.75, 3.05) is 26.4 Å². The highest BCUT2D eigenvalue weighted by Crippen LogP contribution is 2.30. The van der Waals surface area contributed by atoms with Gasteiger partial charge in [0.15, 0.2) is 11.6 Å². The van der Waals surface area contributed by atoms with Crippen LogP contribution in [0.2, 0.25) is 0 Å². The van der Waals surface area contributed by atoms with Gasteiger partial charge in [-0.1, -0.05) is 6.07 Å². The summed E-state index contributed by atoms with van der Waals surface area (Å²) in [5, 5.41) is 0. The lowest BCUT2D eigenvalue weighted by atomic mass is 10.0. The molecule has 1 aromatic heterocycles. The van der Waals surface area contributed by atoms with E-state index in [4.69, 9.17) is 5.73 Å². The van der Waals surface area contributed by atoms with E-state index in [1.54, 1.807) is 6.07 Å². The summed E-state index contributed by atoms with van der Waals surface area (Å²) in [5.41, 5.74) is 5.33. The predicted octanol–water partition coefficient (Wildman–Crippen LogP) is 4.69. The van der Waals surface area contributed by atoms with Gasteiger partial charge in [-0.05, 0) is 62.7 Å². The summed E-state index contributed by atoms with van der Waals surface area (Å²) in [6.07, 6.45) is -3.98. The van der Waals surface area contributed by atoms with E-state index in [0.717, 1.165) is 18.2 Å². The number of pyridine rings is 1. The summed E-state index contributed by atoms with van der Waals surface area (Å²) in [4.78, 5) is 5.76. The number of nitrogens with two attached hydrogens (primary N) is 1. The first-order chi connectivity index (χ1) is 12.1. The van der Waals surface area contributed by atoms with Gasteiger partial charge < -0.3 is 10.6 Å². The van der Waals surface area contributed by atoms with Crippen molar-refractivity contribution < 1.29 is 22.0 Å². The van der Waals surface area contributed by atoms with Crippen molar-refractivity contribution in [2.24, 2.45) is 0 Å². The molecule has 10 heteroatoms. The topological polar surface area (TPSA) is 42.1 Å². The maximum absolute atomic E-state index is 14.0. The fourth-order valence-corrected chi connectivity index (χ4v) is 2.55. The number of rotatable bonds is 6. The number of halogens is 7. The second kappa shape index (κ2) is 10.8. The Balaban J connectivity index is 0.00000364. The number of benzene rings is 1. The average Bonchev–Trinajstić information content (AvgIpc) is 2.53. The van der Waals surface area contributed by atoms with E-state index in [1.807, 2.05) is 19.0 Å². The van der Waals surface area contributed by atoms with Crippen molar-refractivity contribution in [1.29, 1.82) is 0 Å². The van der Waals surface area contributed by atoms with Crippen LogP contribution in [0.1, 0.15) is 22.4 Å². The van der Waals surface area contributed by atoms with Crippen LogP contribution in [0.15, 0.2) is 24.3 Å². The van der Waals surface area contributed by atoms with Crippen LogP contribution in [0.3, 0.4) is 0 Å². The molecule has 1 aromatic carbocycles. The van der Waals surface area contributed by atoms with Gasteiger partial charge >= 0.3 is 6.18 Å². The monoisotopic (exact) mass is 445 g/mol. The average molecular weight is 446 g/mol. The van der Waals surface area contributed by atoms with Crippen LogP contribution < -0.4 is 5.73 Å². The lowest BCUT2D eigenvalue weighted by Crippen LogP contribution is -2.15. The molecule has 0 unspecified atom stereocenters. The lowest BCUT2D eigenvalue weighted by molar-refractivity contribution is -0.137. The highest BCUT2D eigenvalue weighted by Gasteiger charge is 2.31. The van der Waals surface area contributed by atoms with E-state index in [1.165, 1.54) is 0 Å². The summed E-state index contributed by atoms with van der Waals surface area (Å²) in [5.74, 6) is -2.22. The molecule has 0 aliphatic carbocycles. The Kier molecular flexibility index (Phi) is 10.2. The first-order valence-corrected chi connectivity index (χ1v) is 8.01. The van der Waals surface area contributed by atoms with E-state index in [2.05, 4.69) is 4.98 Å². The molecule has 158 valence electrons. The van der Waals surface area contributed by atoms with E-state index in [-0.39, 0.29) is 54.7 Å². The largest absolute Gasteiger partial charge is 0.416 e. The molecule has 0 spiro atoms. The lowest BCUT2D eigenvalue weighted by Gasteiger charge is -2.12. The van der Waals surface area contributed by atoms with Crippen LogP contribution in [-0.4, -0.2) is 30.5 Å². The number of likely N-dealkylation sites (N-methyl/N-ethyl adjacent to an activating group) is 1. The third-order valence-electron chi connectivity index (χ3n) is 3.89. The number of nitrogens with zero attached hydrogens (tertiary/aromatic N) is 2. The summed E-state index contributed by atoms with van der Waals surface area (Å²) in [7, 11) is 3.73. The summed E-state index contributed by atoms with van der Waals surface area (Å²) in [6, 6.07) is 4.30. The highest BCUT2D eigenvalue weighted by atomic mass is 35.5. The molecule has 0 atom stereocenters. The van der Waals surface area contributed by atoms with Crippen molar-refractivity contribution in [2.45, 2.75) is 25.4 Å².